The van der Waals surface area contributed by atoms with Crippen LogP contribution < -0.4 is 0 Å². The first-order chi connectivity index (χ1) is 8.43. The second-order valence-corrected chi connectivity index (χ2v) is 3.81. The van der Waals surface area contributed by atoms with E-state index in [0.29, 0.717) is 0 Å². The predicted molar refractivity (Wildman–Crippen MR) is 67.4 cm³/mol. The molecule has 2 nitrogen and oxygen atoms in total. The van der Waals surface area contributed by atoms with Crippen molar-refractivity contribution >= 4 is 0 Å². The predicted octanol–water partition coefficient (Wildman–Crippen LogP) is 4.01. The molecule has 0 bridgehead atoms. The van der Waals surface area contributed by atoms with Crippen LogP contribution in [0.2, 0.25) is 0 Å². The second-order valence-electron chi connectivity index (χ2n) is 3.81. The number of rotatable bonds is 2. The number of oxazole rings is 1. The first-order valence-corrected chi connectivity index (χ1v) is 5.48. The summed E-state index contributed by atoms with van der Waals surface area (Å²) >= 11 is 0. The molecule has 0 saturated heterocycles. The Morgan fingerprint density at radius 3 is 2.00 bits per heavy atom. The molecule has 0 aliphatic carbocycles. The minimum absolute atomic E-state index is 0.796. The largest absolute Gasteiger partial charge is 0.444 e. The SMILES string of the molecule is c1ccc(-c2ccc(-c3cnco3)cc2)cc1. The number of hydrogen-bond donors (Lipinski definition) is 0. The summed E-state index contributed by atoms with van der Waals surface area (Å²) in [4.78, 5) is 3.91. The summed E-state index contributed by atoms with van der Waals surface area (Å²) in [7, 11) is 0. The summed E-state index contributed by atoms with van der Waals surface area (Å²) < 4.78 is 5.25. The van der Waals surface area contributed by atoms with E-state index in [4.69, 9.17) is 4.42 Å². The molecular formula is C15H11NO. The van der Waals surface area contributed by atoms with Crippen molar-refractivity contribution in [1.29, 1.82) is 0 Å². The number of hydrogen-bond acceptors (Lipinski definition) is 2. The monoisotopic (exact) mass is 221 g/mol. The normalized spacial score (nSPS) is 10.4. The summed E-state index contributed by atoms with van der Waals surface area (Å²) in [6.07, 6.45) is 3.16. The summed E-state index contributed by atoms with van der Waals surface area (Å²) in [5.41, 5.74) is 3.47. The molecule has 82 valence electrons. The maximum absolute atomic E-state index is 5.25. The molecule has 0 fully saturated rings. The highest BCUT2D eigenvalue weighted by molar-refractivity contribution is 5.67. The van der Waals surface area contributed by atoms with E-state index in [0.717, 1.165) is 11.3 Å². The van der Waals surface area contributed by atoms with Gasteiger partial charge in [-0.05, 0) is 11.1 Å². The summed E-state index contributed by atoms with van der Waals surface area (Å²) in [5, 5.41) is 0. The van der Waals surface area contributed by atoms with Gasteiger partial charge in [0, 0.05) is 5.56 Å². The molecule has 0 amide bonds. The van der Waals surface area contributed by atoms with Crippen molar-refractivity contribution < 1.29 is 4.42 Å². The Balaban J connectivity index is 1.96. The fourth-order valence-corrected chi connectivity index (χ4v) is 1.82. The van der Waals surface area contributed by atoms with Gasteiger partial charge in [-0.1, -0.05) is 54.6 Å². The lowest BCUT2D eigenvalue weighted by molar-refractivity contribution is 0.572. The Hall–Kier alpha value is -2.35. The van der Waals surface area contributed by atoms with E-state index in [1.165, 1.54) is 17.5 Å². The Bertz CT molecular complexity index is 583. The van der Waals surface area contributed by atoms with Crippen molar-refractivity contribution in [2.75, 3.05) is 0 Å². The van der Waals surface area contributed by atoms with Gasteiger partial charge in [0.25, 0.3) is 0 Å². The molecule has 0 unspecified atom stereocenters. The second kappa shape index (κ2) is 4.26. The Morgan fingerprint density at radius 1 is 0.706 bits per heavy atom. The van der Waals surface area contributed by atoms with Crippen LogP contribution in [0, 0.1) is 0 Å². The van der Waals surface area contributed by atoms with E-state index in [1.807, 2.05) is 30.3 Å². The van der Waals surface area contributed by atoms with Crippen molar-refractivity contribution in [3.63, 3.8) is 0 Å². The molecule has 0 spiro atoms. The van der Waals surface area contributed by atoms with E-state index in [-0.39, 0.29) is 0 Å². The number of nitrogens with zero attached hydrogens (tertiary/aromatic N) is 1. The van der Waals surface area contributed by atoms with E-state index < -0.39 is 0 Å². The van der Waals surface area contributed by atoms with Gasteiger partial charge in [0.05, 0.1) is 6.20 Å². The van der Waals surface area contributed by atoms with Gasteiger partial charge in [-0.2, -0.15) is 0 Å². The lowest BCUT2D eigenvalue weighted by Gasteiger charge is -2.02. The van der Waals surface area contributed by atoms with Crippen LogP contribution in [0.15, 0.2) is 71.6 Å². The third kappa shape index (κ3) is 1.97. The van der Waals surface area contributed by atoms with Crippen molar-refractivity contribution in [3.05, 3.63) is 67.2 Å². The van der Waals surface area contributed by atoms with Crippen LogP contribution in [0.25, 0.3) is 22.5 Å². The molecule has 0 saturated carbocycles. The van der Waals surface area contributed by atoms with Crippen LogP contribution in [0.4, 0.5) is 0 Å². The molecule has 2 heteroatoms. The summed E-state index contributed by atoms with van der Waals surface area (Å²) in [6, 6.07) is 18.6. The fourth-order valence-electron chi connectivity index (χ4n) is 1.82. The topological polar surface area (TPSA) is 26.0 Å². The first kappa shape index (κ1) is 9.85. The summed E-state index contributed by atoms with van der Waals surface area (Å²) in [5.74, 6) is 0.796. The molecule has 0 atom stereocenters. The minimum Gasteiger partial charge on any atom is -0.444 e. The molecule has 0 radical (unpaired) electrons. The summed E-state index contributed by atoms with van der Waals surface area (Å²) in [6.45, 7) is 0. The first-order valence-electron chi connectivity index (χ1n) is 5.48. The van der Waals surface area contributed by atoms with Gasteiger partial charge in [-0.3, -0.25) is 0 Å². The third-order valence-corrected chi connectivity index (χ3v) is 2.71. The van der Waals surface area contributed by atoms with Crippen LogP contribution in [-0.2, 0) is 0 Å². The zero-order valence-electron chi connectivity index (χ0n) is 9.21. The molecule has 2 aromatic carbocycles. The van der Waals surface area contributed by atoms with E-state index in [1.54, 1.807) is 6.20 Å². The molecule has 1 aromatic heterocycles. The van der Waals surface area contributed by atoms with Gasteiger partial charge in [0.1, 0.15) is 0 Å². The molecule has 3 rings (SSSR count). The maximum Gasteiger partial charge on any atom is 0.181 e. The van der Waals surface area contributed by atoms with Gasteiger partial charge < -0.3 is 4.42 Å². The molecule has 1 heterocycles. The van der Waals surface area contributed by atoms with Crippen LogP contribution in [0.5, 0.6) is 0 Å². The zero-order valence-corrected chi connectivity index (χ0v) is 9.21. The minimum atomic E-state index is 0.796. The Labute approximate surface area is 99.6 Å². The van der Waals surface area contributed by atoms with Crippen molar-refractivity contribution in [3.8, 4) is 22.5 Å². The smallest absolute Gasteiger partial charge is 0.181 e. The highest BCUT2D eigenvalue weighted by atomic mass is 16.3. The van der Waals surface area contributed by atoms with Gasteiger partial charge in [0.2, 0.25) is 0 Å². The quantitative estimate of drug-likeness (QED) is 0.653. The lowest BCUT2D eigenvalue weighted by atomic mass is 10.0. The van der Waals surface area contributed by atoms with Crippen LogP contribution >= 0.6 is 0 Å². The average molecular weight is 221 g/mol. The third-order valence-electron chi connectivity index (χ3n) is 2.71. The average Bonchev–Trinajstić information content (AvgIpc) is 2.94. The van der Waals surface area contributed by atoms with Gasteiger partial charge in [0.15, 0.2) is 12.2 Å². The number of aromatic nitrogens is 1. The van der Waals surface area contributed by atoms with Crippen molar-refractivity contribution in [2.45, 2.75) is 0 Å². The molecule has 3 aromatic rings. The van der Waals surface area contributed by atoms with E-state index in [9.17, 15) is 0 Å². The highest BCUT2D eigenvalue weighted by Gasteiger charge is 2.01. The van der Waals surface area contributed by atoms with Crippen LogP contribution in [0.1, 0.15) is 0 Å². The molecule has 0 aliphatic heterocycles. The molecular weight excluding hydrogens is 210 g/mol. The maximum atomic E-state index is 5.25. The standard InChI is InChI=1S/C15H11NO/c1-2-4-12(5-3-1)13-6-8-14(9-7-13)15-10-16-11-17-15/h1-11H. The zero-order chi connectivity index (χ0) is 11.5. The van der Waals surface area contributed by atoms with Gasteiger partial charge in [-0.25, -0.2) is 4.98 Å². The molecule has 0 N–H and O–H groups in total. The highest BCUT2D eigenvalue weighted by Crippen LogP contribution is 2.24. The lowest BCUT2D eigenvalue weighted by Crippen LogP contribution is -1.78. The Kier molecular flexibility index (Phi) is 2.47. The van der Waals surface area contributed by atoms with Crippen molar-refractivity contribution in [2.24, 2.45) is 0 Å². The van der Waals surface area contributed by atoms with Gasteiger partial charge >= 0.3 is 0 Å². The van der Waals surface area contributed by atoms with Crippen LogP contribution in [-0.4, -0.2) is 4.98 Å². The molecule has 17 heavy (non-hydrogen) atoms. The van der Waals surface area contributed by atoms with Crippen LogP contribution in [0.3, 0.4) is 0 Å². The fraction of sp³-hybridized carbons (Fsp3) is 0. The Morgan fingerprint density at radius 2 is 1.35 bits per heavy atom. The number of benzene rings is 2. The van der Waals surface area contributed by atoms with Gasteiger partial charge in [-0.15, -0.1) is 0 Å². The van der Waals surface area contributed by atoms with Crippen molar-refractivity contribution in [1.82, 2.24) is 4.98 Å². The van der Waals surface area contributed by atoms with E-state index in [2.05, 4.69) is 29.2 Å². The molecule has 0 aliphatic rings. The van der Waals surface area contributed by atoms with E-state index >= 15 is 0 Å².